The van der Waals surface area contributed by atoms with Crippen LogP contribution in [-0.4, -0.2) is 26.2 Å². The predicted molar refractivity (Wildman–Crippen MR) is 45.0 cm³/mol. The highest BCUT2D eigenvalue weighted by Gasteiger charge is 2.02. The lowest BCUT2D eigenvalue weighted by Gasteiger charge is -1.94. The van der Waals surface area contributed by atoms with E-state index in [1.54, 1.807) is 18.5 Å². The molecule has 13 heavy (non-hydrogen) atoms. The smallest absolute Gasteiger partial charge is 0.168 e. The number of carbonyl (C=O) groups excluding carboxylic acids is 1. The summed E-state index contributed by atoms with van der Waals surface area (Å²) in [7, 11) is 0. The third kappa shape index (κ3) is 1.44. The van der Waals surface area contributed by atoms with Crippen molar-refractivity contribution in [2.75, 3.05) is 0 Å². The zero-order chi connectivity index (χ0) is 9.10. The molecule has 0 saturated heterocycles. The Balaban J connectivity index is 2.47. The van der Waals surface area contributed by atoms with E-state index in [0.717, 1.165) is 0 Å². The molecule has 5 nitrogen and oxygen atoms in total. The average molecular weight is 174 g/mol. The fourth-order valence-corrected chi connectivity index (χ4v) is 0.972. The van der Waals surface area contributed by atoms with Gasteiger partial charge in [0.2, 0.25) is 0 Å². The minimum atomic E-state index is 0.349. The molecule has 0 aliphatic carbocycles. The average Bonchev–Trinajstić information content (AvgIpc) is 2.71. The molecule has 1 N–H and O–H groups in total. The number of hydrogen-bond acceptors (Lipinski definition) is 4. The Morgan fingerprint density at radius 3 is 2.92 bits per heavy atom. The molecule has 0 aliphatic heterocycles. The summed E-state index contributed by atoms with van der Waals surface area (Å²) in [6, 6.07) is 1.58. The fraction of sp³-hybridized carbons (Fsp3) is 0. The maximum atomic E-state index is 10.4. The molecule has 0 spiro atoms. The largest absolute Gasteiger partial charge is 0.343 e. The Bertz CT molecular complexity index is 410. The second kappa shape index (κ2) is 3.14. The van der Waals surface area contributed by atoms with E-state index in [4.69, 9.17) is 0 Å². The fourth-order valence-electron chi connectivity index (χ4n) is 0.972. The number of aromatic amines is 1. The quantitative estimate of drug-likeness (QED) is 0.679. The molecule has 0 aromatic carbocycles. The molecular weight excluding hydrogens is 168 g/mol. The minimum absolute atomic E-state index is 0.349. The predicted octanol–water partition coefficient (Wildman–Crippen LogP) is 0.679. The molecule has 2 rings (SSSR count). The van der Waals surface area contributed by atoms with E-state index in [-0.39, 0.29) is 0 Å². The van der Waals surface area contributed by atoms with Crippen LogP contribution >= 0.6 is 0 Å². The van der Waals surface area contributed by atoms with E-state index in [0.29, 0.717) is 23.5 Å². The van der Waals surface area contributed by atoms with Gasteiger partial charge in [0.25, 0.3) is 0 Å². The van der Waals surface area contributed by atoms with E-state index >= 15 is 0 Å². The first-order valence-corrected chi connectivity index (χ1v) is 3.67. The lowest BCUT2D eigenvalue weighted by Crippen LogP contribution is -1.91. The van der Waals surface area contributed by atoms with Crippen LogP contribution in [0, 0.1) is 0 Å². The first kappa shape index (κ1) is 7.60. The van der Waals surface area contributed by atoms with Crippen LogP contribution < -0.4 is 0 Å². The first-order chi connectivity index (χ1) is 6.40. The van der Waals surface area contributed by atoms with E-state index in [2.05, 4.69) is 19.9 Å². The van der Waals surface area contributed by atoms with Crippen molar-refractivity contribution in [3.05, 3.63) is 30.5 Å². The molecule has 0 atom stereocenters. The lowest BCUT2D eigenvalue weighted by molar-refractivity contribution is 0.111. The number of carbonyl (C=O) groups is 1. The Kier molecular flexibility index (Phi) is 1.84. The van der Waals surface area contributed by atoms with Gasteiger partial charge < -0.3 is 4.98 Å². The molecule has 0 saturated carbocycles. The number of imidazole rings is 1. The molecular formula is C8H6N4O. The summed E-state index contributed by atoms with van der Waals surface area (Å²) in [5.74, 6) is 0.630. The Labute approximate surface area is 73.9 Å². The molecule has 0 bridgehead atoms. The van der Waals surface area contributed by atoms with Gasteiger partial charge in [0.15, 0.2) is 12.1 Å². The van der Waals surface area contributed by atoms with Gasteiger partial charge in [-0.3, -0.25) is 4.79 Å². The van der Waals surface area contributed by atoms with Gasteiger partial charge in [-0.2, -0.15) is 0 Å². The van der Waals surface area contributed by atoms with Gasteiger partial charge in [0.1, 0.15) is 17.7 Å². The van der Waals surface area contributed by atoms with E-state index in [1.807, 2.05) is 0 Å². The zero-order valence-electron chi connectivity index (χ0n) is 6.64. The van der Waals surface area contributed by atoms with Gasteiger partial charge in [-0.25, -0.2) is 15.0 Å². The van der Waals surface area contributed by atoms with E-state index < -0.39 is 0 Å². The van der Waals surface area contributed by atoms with Gasteiger partial charge >= 0.3 is 0 Å². The number of nitrogens with zero attached hydrogens (tertiary/aromatic N) is 3. The first-order valence-electron chi connectivity index (χ1n) is 3.67. The highest BCUT2D eigenvalue weighted by atomic mass is 16.1. The molecule has 0 radical (unpaired) electrons. The van der Waals surface area contributed by atoms with Crippen LogP contribution in [0.2, 0.25) is 0 Å². The summed E-state index contributed by atoms with van der Waals surface area (Å²) in [5.41, 5.74) is 0.962. The van der Waals surface area contributed by atoms with Crippen molar-refractivity contribution in [2.24, 2.45) is 0 Å². The summed E-state index contributed by atoms with van der Waals surface area (Å²) < 4.78 is 0. The van der Waals surface area contributed by atoms with Crippen molar-refractivity contribution in [3.8, 4) is 11.5 Å². The number of H-pyrrole nitrogens is 1. The monoisotopic (exact) mass is 174 g/mol. The summed E-state index contributed by atoms with van der Waals surface area (Å²) >= 11 is 0. The van der Waals surface area contributed by atoms with Gasteiger partial charge in [-0.05, 0) is 6.07 Å². The van der Waals surface area contributed by atoms with Crippen molar-refractivity contribution < 1.29 is 4.79 Å². The maximum absolute atomic E-state index is 10.4. The Morgan fingerprint density at radius 2 is 2.23 bits per heavy atom. The highest BCUT2D eigenvalue weighted by Crippen LogP contribution is 2.09. The van der Waals surface area contributed by atoms with E-state index in [1.165, 1.54) is 6.33 Å². The minimum Gasteiger partial charge on any atom is -0.343 e. The SMILES string of the molecule is O=Cc1cc(-c2ncc[nH]2)ncn1. The third-order valence-electron chi connectivity index (χ3n) is 1.55. The van der Waals surface area contributed by atoms with Crippen molar-refractivity contribution in [1.29, 1.82) is 0 Å². The van der Waals surface area contributed by atoms with Crippen molar-refractivity contribution in [2.45, 2.75) is 0 Å². The highest BCUT2D eigenvalue weighted by molar-refractivity contribution is 5.73. The summed E-state index contributed by atoms with van der Waals surface area (Å²) in [4.78, 5) is 25.0. The van der Waals surface area contributed by atoms with E-state index in [9.17, 15) is 4.79 Å². The van der Waals surface area contributed by atoms with Crippen LogP contribution in [0.3, 0.4) is 0 Å². The van der Waals surface area contributed by atoms with Gasteiger partial charge in [0, 0.05) is 12.4 Å². The van der Waals surface area contributed by atoms with Crippen LogP contribution in [0.5, 0.6) is 0 Å². The summed E-state index contributed by atoms with van der Waals surface area (Å²) in [6.07, 6.45) is 5.33. The summed E-state index contributed by atoms with van der Waals surface area (Å²) in [5, 5.41) is 0. The van der Waals surface area contributed by atoms with Crippen LogP contribution in [0.25, 0.3) is 11.5 Å². The topological polar surface area (TPSA) is 71.5 Å². The molecule has 2 aromatic heterocycles. The Morgan fingerprint density at radius 1 is 1.31 bits per heavy atom. The molecule has 5 heteroatoms. The number of hydrogen-bond donors (Lipinski definition) is 1. The number of aromatic nitrogens is 4. The van der Waals surface area contributed by atoms with Crippen LogP contribution in [-0.2, 0) is 0 Å². The molecule has 0 fully saturated rings. The van der Waals surface area contributed by atoms with Gasteiger partial charge in [-0.15, -0.1) is 0 Å². The number of nitrogens with one attached hydrogen (secondary N) is 1. The van der Waals surface area contributed by atoms with Crippen LogP contribution in [0.1, 0.15) is 10.5 Å². The number of aldehydes is 1. The molecule has 64 valence electrons. The van der Waals surface area contributed by atoms with Crippen molar-refractivity contribution in [1.82, 2.24) is 19.9 Å². The molecule has 2 aromatic rings. The normalized spacial score (nSPS) is 9.85. The van der Waals surface area contributed by atoms with Crippen LogP contribution in [0.15, 0.2) is 24.8 Å². The number of rotatable bonds is 2. The second-order valence-electron chi connectivity index (χ2n) is 2.38. The molecule has 0 unspecified atom stereocenters. The van der Waals surface area contributed by atoms with Crippen molar-refractivity contribution in [3.63, 3.8) is 0 Å². The molecule has 0 aliphatic rings. The third-order valence-corrected chi connectivity index (χ3v) is 1.55. The van der Waals surface area contributed by atoms with Gasteiger partial charge in [0.05, 0.1) is 0 Å². The zero-order valence-corrected chi connectivity index (χ0v) is 6.64. The Hall–Kier alpha value is -2.04. The summed E-state index contributed by atoms with van der Waals surface area (Å²) in [6.45, 7) is 0. The molecule has 2 heterocycles. The maximum Gasteiger partial charge on any atom is 0.168 e. The van der Waals surface area contributed by atoms with Gasteiger partial charge in [-0.1, -0.05) is 0 Å². The standard InChI is InChI=1S/C8H6N4O/c13-4-6-3-7(12-5-11-6)8-9-1-2-10-8/h1-5H,(H,9,10). The van der Waals surface area contributed by atoms with Crippen molar-refractivity contribution >= 4 is 6.29 Å². The molecule has 0 amide bonds. The lowest BCUT2D eigenvalue weighted by atomic mass is 10.3. The van der Waals surface area contributed by atoms with Crippen LogP contribution in [0.4, 0.5) is 0 Å². The second-order valence-corrected chi connectivity index (χ2v) is 2.38.